The Morgan fingerprint density at radius 3 is 2.42 bits per heavy atom. The molecule has 9 heteroatoms. The minimum absolute atomic E-state index is 0.0327. The molecule has 1 amide bonds. The van der Waals surface area contributed by atoms with E-state index in [0.29, 0.717) is 22.6 Å². The summed E-state index contributed by atoms with van der Waals surface area (Å²) in [6, 6.07) is 19.6. The quantitative estimate of drug-likeness (QED) is 0.136. The fourth-order valence-corrected chi connectivity index (χ4v) is 5.44. The molecule has 3 aromatic carbocycles. The minimum Gasteiger partial charge on any atom is -0.487 e. The molecule has 1 aliphatic heterocycles. The van der Waals surface area contributed by atoms with Crippen LogP contribution in [-0.2, 0) is 11.4 Å². The molecule has 166 valence electrons. The van der Waals surface area contributed by atoms with Gasteiger partial charge in [-0.15, -0.1) is 0 Å². The predicted octanol–water partition coefficient (Wildman–Crippen LogP) is 6.19. The highest BCUT2D eigenvalue weighted by Crippen LogP contribution is 2.32. The molecule has 0 N–H and O–H groups in total. The van der Waals surface area contributed by atoms with Gasteiger partial charge in [-0.1, -0.05) is 30.3 Å². The van der Waals surface area contributed by atoms with E-state index in [-0.39, 0.29) is 18.2 Å². The molecule has 0 spiro atoms. The molecule has 0 fully saturated rings. The second-order valence-electron chi connectivity index (χ2n) is 7.23. The van der Waals surface area contributed by atoms with Crippen LogP contribution in [0.25, 0.3) is 6.08 Å². The molecule has 3 aromatic rings. The molecule has 0 saturated carbocycles. The summed E-state index contributed by atoms with van der Waals surface area (Å²) in [7, 11) is 0. The predicted molar refractivity (Wildman–Crippen MR) is 144 cm³/mol. The maximum absolute atomic E-state index is 13.0. The first-order valence-electron chi connectivity index (χ1n) is 9.85. The number of amides is 1. The van der Waals surface area contributed by atoms with E-state index in [0.717, 1.165) is 18.4 Å². The van der Waals surface area contributed by atoms with Crippen LogP contribution in [0.5, 0.6) is 5.75 Å². The van der Waals surface area contributed by atoms with Crippen molar-refractivity contribution in [2.24, 2.45) is 5.10 Å². The maximum atomic E-state index is 13.0. The van der Waals surface area contributed by atoms with Crippen molar-refractivity contribution in [3.8, 4) is 5.75 Å². The number of nitro benzene ring substituents is 1. The number of carbonyl (C=O) groups excluding carboxylic acids is 1. The zero-order chi connectivity index (χ0) is 23.5. The number of anilines is 1. The molecule has 1 heterocycles. The second-order valence-corrected chi connectivity index (χ2v) is 9.55. The number of halogens is 2. The number of rotatable bonds is 6. The van der Waals surface area contributed by atoms with Crippen molar-refractivity contribution < 1.29 is 14.5 Å². The zero-order valence-corrected chi connectivity index (χ0v) is 21.7. The van der Waals surface area contributed by atoms with E-state index in [4.69, 9.17) is 4.74 Å². The first-order valence-corrected chi connectivity index (χ1v) is 12.0. The summed E-state index contributed by atoms with van der Waals surface area (Å²) < 4.78 is 7.72. The Hall–Kier alpha value is -2.80. The van der Waals surface area contributed by atoms with Gasteiger partial charge in [-0.05, 0) is 93.6 Å². The lowest BCUT2D eigenvalue weighted by Gasteiger charge is -2.12. The number of ether oxygens (including phenoxy) is 1. The van der Waals surface area contributed by atoms with Crippen LogP contribution in [0.15, 0.2) is 77.4 Å². The number of hydrazone groups is 1. The Morgan fingerprint density at radius 1 is 1.06 bits per heavy atom. The standard InChI is InChI=1S/C24H17I2N3O4/c1-15-20(24(30)28(27-15)18-7-3-2-4-8-18)11-17-12-21(25)23(22(26)13-17)33-14-16-6-5-9-19(10-16)29(31)32/h2-13H,14H2,1H3/b20-11+. The van der Waals surface area contributed by atoms with Gasteiger partial charge in [-0.3, -0.25) is 14.9 Å². The highest BCUT2D eigenvalue weighted by Gasteiger charge is 2.28. The molecule has 0 unspecified atom stereocenters. The van der Waals surface area contributed by atoms with Crippen LogP contribution in [-0.4, -0.2) is 16.5 Å². The summed E-state index contributed by atoms with van der Waals surface area (Å²) in [6.45, 7) is 2.03. The normalized spacial score (nSPS) is 14.5. The maximum Gasteiger partial charge on any atom is 0.280 e. The Labute approximate surface area is 217 Å². The van der Waals surface area contributed by atoms with Crippen molar-refractivity contribution in [3.05, 3.63) is 101 Å². The molecule has 7 nitrogen and oxygen atoms in total. The fourth-order valence-electron chi connectivity index (χ4n) is 3.31. The first kappa shape index (κ1) is 23.4. The van der Waals surface area contributed by atoms with E-state index in [9.17, 15) is 14.9 Å². The molecule has 0 aromatic heterocycles. The van der Waals surface area contributed by atoms with Crippen LogP contribution in [0, 0.1) is 17.3 Å². The van der Waals surface area contributed by atoms with Crippen LogP contribution in [0.3, 0.4) is 0 Å². The summed E-state index contributed by atoms with van der Waals surface area (Å²) in [6.07, 6.45) is 1.83. The minimum atomic E-state index is -0.423. The van der Waals surface area contributed by atoms with Crippen molar-refractivity contribution in [1.29, 1.82) is 0 Å². The van der Waals surface area contributed by atoms with E-state index in [1.807, 2.05) is 55.5 Å². The lowest BCUT2D eigenvalue weighted by molar-refractivity contribution is -0.384. The summed E-state index contributed by atoms with van der Waals surface area (Å²) in [5.74, 6) is 0.522. The van der Waals surface area contributed by atoms with Gasteiger partial charge in [0.25, 0.3) is 11.6 Å². The number of hydrogen-bond acceptors (Lipinski definition) is 5. The monoisotopic (exact) mass is 665 g/mol. The van der Waals surface area contributed by atoms with Crippen molar-refractivity contribution >= 4 is 74.3 Å². The topological polar surface area (TPSA) is 85.0 Å². The Balaban J connectivity index is 1.54. The molecule has 4 rings (SSSR count). The average molecular weight is 665 g/mol. The van der Waals surface area contributed by atoms with Gasteiger partial charge in [0.1, 0.15) is 12.4 Å². The molecule has 33 heavy (non-hydrogen) atoms. The molecule has 0 bridgehead atoms. The number of non-ortho nitro benzene ring substituents is 1. The van der Waals surface area contributed by atoms with E-state index in [1.54, 1.807) is 12.1 Å². The third kappa shape index (κ3) is 5.24. The first-order chi connectivity index (χ1) is 15.8. The van der Waals surface area contributed by atoms with Crippen LogP contribution in [0.2, 0.25) is 0 Å². The summed E-state index contributed by atoms with van der Waals surface area (Å²) in [5.41, 5.74) is 3.52. The Morgan fingerprint density at radius 2 is 1.76 bits per heavy atom. The van der Waals surface area contributed by atoms with Gasteiger partial charge < -0.3 is 4.74 Å². The third-order valence-corrected chi connectivity index (χ3v) is 6.50. The number of carbonyl (C=O) groups is 1. The van der Waals surface area contributed by atoms with Gasteiger partial charge in [0.15, 0.2) is 0 Å². The SMILES string of the molecule is CC1=NN(c2ccccc2)C(=O)/C1=C/c1cc(I)c(OCc2cccc([N+](=O)[O-])c2)c(I)c1. The number of nitrogens with zero attached hydrogens (tertiary/aromatic N) is 3. The van der Waals surface area contributed by atoms with Gasteiger partial charge >= 0.3 is 0 Å². The summed E-state index contributed by atoms with van der Waals surface area (Å²) in [5, 5.41) is 16.8. The van der Waals surface area contributed by atoms with E-state index in [1.165, 1.54) is 17.1 Å². The van der Waals surface area contributed by atoms with E-state index in [2.05, 4.69) is 50.3 Å². The molecule has 0 aliphatic carbocycles. The number of nitro groups is 1. The van der Waals surface area contributed by atoms with Gasteiger partial charge in [0, 0.05) is 12.1 Å². The zero-order valence-electron chi connectivity index (χ0n) is 17.4. The molecule has 0 saturated heterocycles. The van der Waals surface area contributed by atoms with Crippen LogP contribution < -0.4 is 9.75 Å². The molecular formula is C24H17I2N3O4. The average Bonchev–Trinajstić information content (AvgIpc) is 3.07. The van der Waals surface area contributed by atoms with Crippen molar-refractivity contribution in [1.82, 2.24) is 0 Å². The second kappa shape index (κ2) is 10.00. The summed E-state index contributed by atoms with van der Waals surface area (Å²) >= 11 is 4.38. The van der Waals surface area contributed by atoms with Crippen molar-refractivity contribution in [2.45, 2.75) is 13.5 Å². The van der Waals surface area contributed by atoms with Crippen LogP contribution in [0.4, 0.5) is 11.4 Å². The number of benzene rings is 3. The highest BCUT2D eigenvalue weighted by molar-refractivity contribution is 14.1. The lowest BCUT2D eigenvalue weighted by atomic mass is 10.1. The van der Waals surface area contributed by atoms with Crippen LogP contribution in [0.1, 0.15) is 18.1 Å². The van der Waals surface area contributed by atoms with Crippen molar-refractivity contribution in [3.63, 3.8) is 0 Å². The van der Waals surface area contributed by atoms with E-state index >= 15 is 0 Å². The van der Waals surface area contributed by atoms with Gasteiger partial charge in [0.2, 0.25) is 0 Å². The summed E-state index contributed by atoms with van der Waals surface area (Å²) in [4.78, 5) is 23.5. The lowest BCUT2D eigenvalue weighted by Crippen LogP contribution is -2.21. The molecule has 0 radical (unpaired) electrons. The van der Waals surface area contributed by atoms with Crippen LogP contribution >= 0.6 is 45.2 Å². The third-order valence-electron chi connectivity index (χ3n) is 4.90. The number of hydrogen-bond donors (Lipinski definition) is 0. The highest BCUT2D eigenvalue weighted by atomic mass is 127. The fraction of sp³-hybridized carbons (Fsp3) is 0.0833. The smallest absolute Gasteiger partial charge is 0.280 e. The molecule has 1 aliphatic rings. The van der Waals surface area contributed by atoms with Crippen molar-refractivity contribution in [2.75, 3.05) is 5.01 Å². The Kier molecular flexibility index (Phi) is 7.08. The largest absolute Gasteiger partial charge is 0.487 e. The molecule has 0 atom stereocenters. The van der Waals surface area contributed by atoms with Gasteiger partial charge in [0.05, 0.1) is 29.0 Å². The Bertz CT molecular complexity index is 1280. The van der Waals surface area contributed by atoms with Gasteiger partial charge in [-0.25, -0.2) is 0 Å². The number of para-hydroxylation sites is 1. The molecular weight excluding hydrogens is 648 g/mol. The van der Waals surface area contributed by atoms with Gasteiger partial charge in [-0.2, -0.15) is 10.1 Å². The van der Waals surface area contributed by atoms with E-state index < -0.39 is 4.92 Å².